The molecule has 8 heterocycles. The summed E-state index contributed by atoms with van der Waals surface area (Å²) in [6.45, 7) is 7.82. The van der Waals surface area contributed by atoms with Gasteiger partial charge in [0, 0.05) is 38.9 Å². The fourth-order valence-electron chi connectivity index (χ4n) is 7.77. The van der Waals surface area contributed by atoms with Crippen LogP contribution in [0, 0.1) is 5.92 Å². The molecule has 0 radical (unpaired) electrons. The lowest BCUT2D eigenvalue weighted by Crippen LogP contribution is -2.61. The van der Waals surface area contributed by atoms with Crippen LogP contribution < -0.4 is 0 Å². The summed E-state index contributed by atoms with van der Waals surface area (Å²) in [5.41, 5.74) is 1.20. The molecule has 8 fully saturated rings. The molecule has 8 nitrogen and oxygen atoms in total. The van der Waals surface area contributed by atoms with E-state index < -0.39 is 5.79 Å². The first-order valence-electron chi connectivity index (χ1n) is 14.2. The molecule has 0 N–H and O–H groups in total. The number of ketones is 1. The van der Waals surface area contributed by atoms with Crippen molar-refractivity contribution >= 4 is 5.78 Å². The largest absolute Gasteiger partial charge is 0.381 e. The van der Waals surface area contributed by atoms with Crippen LogP contribution in [-0.4, -0.2) is 85.8 Å². The maximum atomic E-state index is 12.8. The van der Waals surface area contributed by atoms with Crippen molar-refractivity contribution < 1.29 is 38.0 Å². The minimum Gasteiger partial charge on any atom is -0.381 e. The van der Waals surface area contributed by atoms with E-state index in [1.807, 2.05) is 0 Å². The minimum absolute atomic E-state index is 0.000916. The van der Waals surface area contributed by atoms with Gasteiger partial charge in [-0.25, -0.2) is 0 Å². The Labute approximate surface area is 213 Å². The summed E-state index contributed by atoms with van der Waals surface area (Å²) in [5.74, 6) is -0.0575. The van der Waals surface area contributed by atoms with E-state index in [4.69, 9.17) is 33.2 Å². The van der Waals surface area contributed by atoms with E-state index >= 15 is 0 Å². The summed E-state index contributed by atoms with van der Waals surface area (Å²) in [6.07, 6.45) is 7.30. The van der Waals surface area contributed by atoms with Gasteiger partial charge >= 0.3 is 0 Å². The molecule has 0 aromatic rings. The monoisotopic (exact) mass is 504 g/mol. The standard InChI is InChI=1S/C28H40O8/c1-3-20-15(2)10-19(31-20)6-8-28-13-22-24(35-28)25-26(34-22)27(36-28)23-21(33-25)5-4-18(32-23)12-17(29)11-16-7-9-30-14-16/h16,18-27H,2-14H2,1H3/t16-,18+,19-,20-,21-,22+,23?,24-,25?,26+,27-,28-/m0/s1. The third-order valence-corrected chi connectivity index (χ3v) is 9.54. The lowest BCUT2D eigenvalue weighted by Gasteiger charge is -2.47. The van der Waals surface area contributed by atoms with Crippen molar-refractivity contribution in [1.82, 2.24) is 0 Å². The van der Waals surface area contributed by atoms with Gasteiger partial charge in [0.05, 0.1) is 30.5 Å². The zero-order chi connectivity index (χ0) is 24.4. The van der Waals surface area contributed by atoms with Crippen LogP contribution in [-0.2, 0) is 38.0 Å². The molecular formula is C28H40O8. The maximum Gasteiger partial charge on any atom is 0.172 e. The van der Waals surface area contributed by atoms with Crippen molar-refractivity contribution in [2.75, 3.05) is 13.2 Å². The number of hydrogen-bond acceptors (Lipinski definition) is 8. The molecule has 0 saturated carbocycles. The van der Waals surface area contributed by atoms with Gasteiger partial charge in [-0.05, 0) is 50.0 Å². The molecule has 0 amide bonds. The topological polar surface area (TPSA) is 81.7 Å². The van der Waals surface area contributed by atoms with Crippen LogP contribution in [0.15, 0.2) is 12.2 Å². The second kappa shape index (κ2) is 9.40. The van der Waals surface area contributed by atoms with Crippen molar-refractivity contribution in [3.05, 3.63) is 12.2 Å². The summed E-state index contributed by atoms with van der Waals surface area (Å²) in [5, 5.41) is 0. The van der Waals surface area contributed by atoms with Crippen LogP contribution >= 0.6 is 0 Å². The quantitative estimate of drug-likeness (QED) is 0.466. The molecule has 12 atom stereocenters. The highest BCUT2D eigenvalue weighted by Crippen LogP contribution is 2.54. The van der Waals surface area contributed by atoms with Gasteiger partial charge in [0.1, 0.15) is 36.3 Å². The first-order chi connectivity index (χ1) is 17.5. The molecule has 8 aliphatic rings. The Bertz CT molecular complexity index is 872. The molecule has 6 bridgehead atoms. The van der Waals surface area contributed by atoms with E-state index in [-0.39, 0.29) is 66.8 Å². The van der Waals surface area contributed by atoms with E-state index in [0.717, 1.165) is 58.0 Å². The highest BCUT2D eigenvalue weighted by molar-refractivity contribution is 5.79. The van der Waals surface area contributed by atoms with Gasteiger partial charge in [0.2, 0.25) is 0 Å². The lowest BCUT2D eigenvalue weighted by molar-refractivity contribution is -0.292. The molecule has 0 spiro atoms. The average molecular weight is 505 g/mol. The van der Waals surface area contributed by atoms with Crippen LogP contribution in [0.3, 0.4) is 0 Å². The highest BCUT2D eigenvalue weighted by atomic mass is 16.8. The smallest absolute Gasteiger partial charge is 0.172 e. The fourth-order valence-corrected chi connectivity index (χ4v) is 7.77. The SMILES string of the molecule is C=C1C[C@H](CC[C@@]23C[C@H]4O[C@@H]5C(O[C@H]6CC[C@H](CC(=O)C[C@@H]7CCOC7)OC6[C@@H]5O2)[C@H]4O3)O[C@H]1CC. The second-order valence-corrected chi connectivity index (χ2v) is 12.1. The number of hydrogen-bond donors (Lipinski definition) is 0. The normalized spacial score (nSPS) is 51.0. The van der Waals surface area contributed by atoms with Crippen molar-refractivity contribution in [3.63, 3.8) is 0 Å². The maximum absolute atomic E-state index is 12.8. The van der Waals surface area contributed by atoms with E-state index in [1.54, 1.807) is 0 Å². The summed E-state index contributed by atoms with van der Waals surface area (Å²) in [4.78, 5) is 12.8. The van der Waals surface area contributed by atoms with Gasteiger partial charge in [-0.3, -0.25) is 4.79 Å². The molecule has 2 unspecified atom stereocenters. The van der Waals surface area contributed by atoms with Gasteiger partial charge in [-0.1, -0.05) is 13.5 Å². The summed E-state index contributed by atoms with van der Waals surface area (Å²) < 4.78 is 44.7. The van der Waals surface area contributed by atoms with E-state index in [0.29, 0.717) is 25.4 Å². The average Bonchev–Trinajstić information content (AvgIpc) is 3.59. The Morgan fingerprint density at radius 3 is 2.56 bits per heavy atom. The number of Topliss-reactive ketones (excluding diaryl/α,β-unsaturated/α-hetero) is 1. The summed E-state index contributed by atoms with van der Waals surface area (Å²) in [6, 6.07) is 0. The number of fused-ring (bicyclic) bond motifs is 1. The van der Waals surface area contributed by atoms with Gasteiger partial charge in [-0.2, -0.15) is 0 Å². The molecule has 0 aromatic heterocycles. The molecule has 0 aliphatic carbocycles. The van der Waals surface area contributed by atoms with Crippen LogP contribution in [0.2, 0.25) is 0 Å². The number of ether oxygens (including phenoxy) is 7. The molecule has 8 rings (SSSR count). The van der Waals surface area contributed by atoms with Crippen LogP contribution in [0.25, 0.3) is 0 Å². The van der Waals surface area contributed by atoms with Gasteiger partial charge < -0.3 is 33.2 Å². The third-order valence-electron chi connectivity index (χ3n) is 9.54. The van der Waals surface area contributed by atoms with Gasteiger partial charge in [0.15, 0.2) is 5.79 Å². The van der Waals surface area contributed by atoms with Gasteiger partial charge in [0.25, 0.3) is 0 Å². The van der Waals surface area contributed by atoms with E-state index in [2.05, 4.69) is 13.5 Å². The number of carbonyl (C=O) groups is 1. The molecule has 8 heteroatoms. The number of carbonyl (C=O) groups excluding carboxylic acids is 1. The number of rotatable bonds is 8. The highest BCUT2D eigenvalue weighted by Gasteiger charge is 2.68. The lowest BCUT2D eigenvalue weighted by atomic mass is 9.86. The van der Waals surface area contributed by atoms with Crippen molar-refractivity contribution in [2.24, 2.45) is 5.92 Å². The van der Waals surface area contributed by atoms with E-state index in [1.165, 1.54) is 5.57 Å². The molecule has 200 valence electrons. The predicted octanol–water partition coefficient (Wildman–Crippen LogP) is 3.24. The van der Waals surface area contributed by atoms with Crippen molar-refractivity contribution in [3.8, 4) is 0 Å². The molecule has 36 heavy (non-hydrogen) atoms. The van der Waals surface area contributed by atoms with Crippen LogP contribution in [0.5, 0.6) is 0 Å². The minimum atomic E-state index is -0.689. The Kier molecular flexibility index (Phi) is 6.32. The Balaban J connectivity index is 1.03. The zero-order valence-electron chi connectivity index (χ0n) is 21.3. The third kappa shape index (κ3) is 4.21. The second-order valence-electron chi connectivity index (χ2n) is 12.1. The Morgan fingerprint density at radius 2 is 1.75 bits per heavy atom. The first-order valence-corrected chi connectivity index (χ1v) is 14.2. The summed E-state index contributed by atoms with van der Waals surface area (Å²) in [7, 11) is 0. The molecule has 0 aromatic carbocycles. The Hall–Kier alpha value is -0.870. The van der Waals surface area contributed by atoms with Crippen molar-refractivity contribution in [2.45, 2.75) is 138 Å². The van der Waals surface area contributed by atoms with Crippen LogP contribution in [0.4, 0.5) is 0 Å². The Morgan fingerprint density at radius 1 is 0.917 bits per heavy atom. The van der Waals surface area contributed by atoms with Crippen molar-refractivity contribution in [1.29, 1.82) is 0 Å². The molecular weight excluding hydrogens is 464 g/mol. The predicted molar refractivity (Wildman–Crippen MR) is 127 cm³/mol. The van der Waals surface area contributed by atoms with E-state index in [9.17, 15) is 4.79 Å². The molecule has 8 saturated heterocycles. The fraction of sp³-hybridized carbons (Fsp3) is 0.893. The zero-order valence-corrected chi connectivity index (χ0v) is 21.3. The van der Waals surface area contributed by atoms with Gasteiger partial charge in [-0.15, -0.1) is 0 Å². The molecule has 8 aliphatic heterocycles. The van der Waals surface area contributed by atoms with Crippen LogP contribution in [0.1, 0.15) is 71.1 Å². The first kappa shape index (κ1) is 24.2. The summed E-state index contributed by atoms with van der Waals surface area (Å²) >= 11 is 0.